The molecular formula is C15H16N2OS2. The molecule has 0 spiro atoms. The molecule has 1 aromatic carbocycles. The zero-order chi connectivity index (χ0) is 13.9. The van der Waals surface area contributed by atoms with E-state index in [4.69, 9.17) is 0 Å². The number of benzene rings is 1. The molecular weight excluding hydrogens is 288 g/mol. The first-order valence-electron chi connectivity index (χ1n) is 6.50. The van der Waals surface area contributed by atoms with Crippen LogP contribution in [-0.2, 0) is 6.42 Å². The van der Waals surface area contributed by atoms with Gasteiger partial charge >= 0.3 is 0 Å². The molecule has 0 fully saturated rings. The summed E-state index contributed by atoms with van der Waals surface area (Å²) in [6.45, 7) is 2.10. The van der Waals surface area contributed by atoms with Crippen LogP contribution in [0.2, 0.25) is 0 Å². The Labute approximate surface area is 126 Å². The molecule has 0 saturated carbocycles. The van der Waals surface area contributed by atoms with Crippen molar-refractivity contribution in [2.75, 3.05) is 5.75 Å². The first kappa shape index (κ1) is 13.7. The normalized spacial score (nSPS) is 12.9. The summed E-state index contributed by atoms with van der Waals surface area (Å²) < 4.78 is 2.00. The van der Waals surface area contributed by atoms with Crippen molar-refractivity contribution in [3.63, 3.8) is 0 Å². The molecule has 2 heterocycles. The maximum absolute atomic E-state index is 10.2. The van der Waals surface area contributed by atoms with Gasteiger partial charge in [0, 0.05) is 34.8 Å². The fourth-order valence-corrected chi connectivity index (χ4v) is 3.76. The smallest absolute Gasteiger partial charge is 0.193 e. The monoisotopic (exact) mass is 304 g/mol. The first-order valence-corrected chi connectivity index (χ1v) is 8.36. The molecule has 0 radical (unpaired) electrons. The summed E-state index contributed by atoms with van der Waals surface area (Å²) in [5.74, 6) is 0.691. The summed E-state index contributed by atoms with van der Waals surface area (Å²) in [5, 5.41) is 12.2. The number of imidazole rings is 1. The minimum Gasteiger partial charge on any atom is -0.392 e. The van der Waals surface area contributed by atoms with Crippen molar-refractivity contribution in [1.82, 2.24) is 9.38 Å². The summed E-state index contributed by atoms with van der Waals surface area (Å²) in [7, 11) is 0. The number of aromatic nitrogens is 2. The summed E-state index contributed by atoms with van der Waals surface area (Å²) in [6, 6.07) is 8.26. The minimum atomic E-state index is -0.371. The number of rotatable bonds is 5. The van der Waals surface area contributed by atoms with Crippen molar-refractivity contribution >= 4 is 28.1 Å². The average molecular weight is 304 g/mol. The van der Waals surface area contributed by atoms with Crippen molar-refractivity contribution < 1.29 is 5.11 Å². The number of hydrogen-bond acceptors (Lipinski definition) is 4. The Kier molecular flexibility index (Phi) is 4.10. The van der Waals surface area contributed by atoms with Gasteiger partial charge in [-0.1, -0.05) is 18.2 Å². The van der Waals surface area contributed by atoms with Gasteiger partial charge in [-0.25, -0.2) is 4.98 Å². The number of thiazole rings is 1. The number of aliphatic hydroxyl groups excluding tert-OH is 1. The van der Waals surface area contributed by atoms with Crippen LogP contribution in [0.4, 0.5) is 0 Å². The van der Waals surface area contributed by atoms with Crippen LogP contribution in [0.1, 0.15) is 11.3 Å². The lowest BCUT2D eigenvalue weighted by Gasteiger charge is -2.10. The number of fused-ring (bicyclic) bond motifs is 1. The fourth-order valence-electron chi connectivity index (χ4n) is 2.08. The molecule has 20 heavy (non-hydrogen) atoms. The topological polar surface area (TPSA) is 37.5 Å². The summed E-state index contributed by atoms with van der Waals surface area (Å²) in [5.41, 5.74) is 2.21. The molecule has 3 nitrogen and oxygen atoms in total. The van der Waals surface area contributed by atoms with Crippen LogP contribution in [0.3, 0.4) is 0 Å². The van der Waals surface area contributed by atoms with Gasteiger partial charge in [0.15, 0.2) is 4.96 Å². The molecule has 3 aromatic rings. The molecule has 0 aliphatic carbocycles. The highest BCUT2D eigenvalue weighted by atomic mass is 32.2. The Morgan fingerprint density at radius 2 is 2.25 bits per heavy atom. The van der Waals surface area contributed by atoms with Crippen LogP contribution in [0.5, 0.6) is 0 Å². The van der Waals surface area contributed by atoms with Crippen molar-refractivity contribution in [1.29, 1.82) is 0 Å². The van der Waals surface area contributed by atoms with Crippen LogP contribution < -0.4 is 0 Å². The predicted octanol–water partition coefficient (Wildman–Crippen LogP) is 3.40. The Morgan fingerprint density at radius 1 is 1.40 bits per heavy atom. The van der Waals surface area contributed by atoms with Crippen molar-refractivity contribution in [3.05, 3.63) is 53.3 Å². The van der Waals surface area contributed by atoms with E-state index in [1.165, 1.54) is 10.5 Å². The number of aliphatic hydroxyl groups is 1. The van der Waals surface area contributed by atoms with Crippen LogP contribution in [0, 0.1) is 6.92 Å². The van der Waals surface area contributed by atoms with E-state index < -0.39 is 0 Å². The summed E-state index contributed by atoms with van der Waals surface area (Å²) >= 11 is 3.31. The quantitative estimate of drug-likeness (QED) is 0.734. The molecule has 1 unspecified atom stereocenters. The third-order valence-corrected chi connectivity index (χ3v) is 5.20. The second-order valence-corrected chi connectivity index (χ2v) is 6.69. The molecule has 3 rings (SSSR count). The van der Waals surface area contributed by atoms with Gasteiger partial charge in [-0.05, 0) is 18.6 Å². The van der Waals surface area contributed by atoms with Crippen LogP contribution in [0.25, 0.3) is 4.96 Å². The van der Waals surface area contributed by atoms with E-state index in [0.29, 0.717) is 12.2 Å². The number of hydrogen-bond donors (Lipinski definition) is 1. The molecule has 5 heteroatoms. The van der Waals surface area contributed by atoms with Gasteiger partial charge < -0.3 is 5.11 Å². The maximum atomic E-state index is 10.2. The lowest BCUT2D eigenvalue weighted by molar-refractivity contribution is 0.199. The van der Waals surface area contributed by atoms with Gasteiger partial charge in [0.25, 0.3) is 0 Å². The molecule has 0 aliphatic rings. The van der Waals surface area contributed by atoms with Gasteiger partial charge in [-0.2, -0.15) is 0 Å². The molecule has 1 atom stereocenters. The standard InChI is InChI=1S/C15H16N2OS2/c1-11-4-2-3-5-14(11)20-10-13(18)8-12-9-17-6-7-19-15(17)16-12/h2-7,9,13,18H,8,10H2,1H3. The number of aryl methyl sites for hydroxylation is 1. The van der Waals surface area contributed by atoms with Gasteiger partial charge in [-0.3, -0.25) is 4.40 Å². The first-order chi connectivity index (χ1) is 9.72. The molecule has 2 aromatic heterocycles. The molecule has 0 aliphatic heterocycles. The highest BCUT2D eigenvalue weighted by Crippen LogP contribution is 2.23. The lowest BCUT2D eigenvalue weighted by atomic mass is 10.2. The van der Waals surface area contributed by atoms with E-state index in [1.54, 1.807) is 23.1 Å². The Bertz CT molecular complexity index is 676. The summed E-state index contributed by atoms with van der Waals surface area (Å²) in [6.07, 6.45) is 4.22. The zero-order valence-corrected chi connectivity index (χ0v) is 12.8. The van der Waals surface area contributed by atoms with Gasteiger partial charge in [-0.15, -0.1) is 23.1 Å². The third kappa shape index (κ3) is 3.06. The van der Waals surface area contributed by atoms with Crippen molar-refractivity contribution in [3.8, 4) is 0 Å². The van der Waals surface area contributed by atoms with Crippen LogP contribution in [-0.4, -0.2) is 26.3 Å². The molecule has 1 N–H and O–H groups in total. The highest BCUT2D eigenvalue weighted by Gasteiger charge is 2.10. The number of thioether (sulfide) groups is 1. The van der Waals surface area contributed by atoms with Gasteiger partial charge in [0.05, 0.1) is 11.8 Å². The van der Waals surface area contributed by atoms with E-state index in [1.807, 2.05) is 34.3 Å². The molecule has 0 saturated heterocycles. The van der Waals surface area contributed by atoms with E-state index in [9.17, 15) is 5.11 Å². The highest BCUT2D eigenvalue weighted by molar-refractivity contribution is 7.99. The van der Waals surface area contributed by atoms with Gasteiger partial charge in [0.1, 0.15) is 0 Å². The predicted molar refractivity (Wildman–Crippen MR) is 84.7 cm³/mol. The Hall–Kier alpha value is -1.30. The van der Waals surface area contributed by atoms with Crippen LogP contribution in [0.15, 0.2) is 46.9 Å². The average Bonchev–Trinajstić information content (AvgIpc) is 2.98. The van der Waals surface area contributed by atoms with E-state index in [-0.39, 0.29) is 6.10 Å². The lowest BCUT2D eigenvalue weighted by Crippen LogP contribution is -2.13. The fraction of sp³-hybridized carbons (Fsp3) is 0.267. The Balaban J connectivity index is 1.58. The SMILES string of the molecule is Cc1ccccc1SCC(O)Cc1cn2ccsc2n1. The molecule has 104 valence electrons. The second kappa shape index (κ2) is 5.99. The minimum absolute atomic E-state index is 0.371. The van der Waals surface area contributed by atoms with E-state index >= 15 is 0 Å². The molecule has 0 amide bonds. The third-order valence-electron chi connectivity index (χ3n) is 3.11. The largest absolute Gasteiger partial charge is 0.392 e. The number of nitrogens with zero attached hydrogens (tertiary/aromatic N) is 2. The Morgan fingerprint density at radius 3 is 3.05 bits per heavy atom. The zero-order valence-electron chi connectivity index (χ0n) is 11.2. The van der Waals surface area contributed by atoms with Crippen LogP contribution >= 0.6 is 23.1 Å². The molecule has 0 bridgehead atoms. The summed E-state index contributed by atoms with van der Waals surface area (Å²) in [4.78, 5) is 6.72. The van der Waals surface area contributed by atoms with E-state index in [0.717, 1.165) is 10.7 Å². The van der Waals surface area contributed by atoms with Crippen molar-refractivity contribution in [2.45, 2.75) is 24.3 Å². The van der Waals surface area contributed by atoms with Gasteiger partial charge in [0.2, 0.25) is 0 Å². The van der Waals surface area contributed by atoms with E-state index in [2.05, 4.69) is 24.0 Å². The second-order valence-electron chi connectivity index (χ2n) is 4.76. The maximum Gasteiger partial charge on any atom is 0.193 e. The van der Waals surface area contributed by atoms with Crippen molar-refractivity contribution in [2.24, 2.45) is 0 Å².